The Kier molecular flexibility index (Phi) is 3.94. The van der Waals surface area contributed by atoms with E-state index in [0.29, 0.717) is 32.8 Å². The molecule has 1 aliphatic rings. The minimum atomic E-state index is 0.367. The summed E-state index contributed by atoms with van der Waals surface area (Å²) in [6.45, 7) is 9.40. The number of nitrogens with one attached hydrogen (secondary N) is 1. The summed E-state index contributed by atoms with van der Waals surface area (Å²) in [4.78, 5) is 0. The summed E-state index contributed by atoms with van der Waals surface area (Å²) in [5.74, 6) is 0.653. The van der Waals surface area contributed by atoms with E-state index >= 15 is 0 Å². The molecular formula is C16H23Cl2N. The molecule has 2 rings (SSSR count). The van der Waals surface area contributed by atoms with E-state index in [2.05, 4.69) is 39.1 Å². The molecule has 1 fully saturated rings. The van der Waals surface area contributed by atoms with Crippen molar-refractivity contribution in [2.24, 2.45) is 16.7 Å². The lowest BCUT2D eigenvalue weighted by Gasteiger charge is -2.19. The van der Waals surface area contributed by atoms with Gasteiger partial charge in [-0.1, -0.05) is 63.0 Å². The molecule has 0 radical (unpaired) electrons. The van der Waals surface area contributed by atoms with Gasteiger partial charge >= 0.3 is 0 Å². The number of rotatable bonds is 4. The van der Waals surface area contributed by atoms with Crippen LogP contribution in [0.5, 0.6) is 0 Å². The second-order valence-corrected chi connectivity index (χ2v) is 7.52. The zero-order valence-corrected chi connectivity index (χ0v) is 13.9. The van der Waals surface area contributed by atoms with Crippen LogP contribution in [-0.2, 0) is 6.42 Å². The normalized spacial score (nSPS) is 22.3. The average molecular weight is 300 g/mol. The minimum Gasteiger partial charge on any atom is -0.316 e. The van der Waals surface area contributed by atoms with Crippen LogP contribution in [0.4, 0.5) is 0 Å². The number of benzene rings is 1. The molecule has 0 aliphatic heterocycles. The zero-order valence-electron chi connectivity index (χ0n) is 12.3. The van der Waals surface area contributed by atoms with E-state index in [9.17, 15) is 0 Å². The summed E-state index contributed by atoms with van der Waals surface area (Å²) < 4.78 is 0. The van der Waals surface area contributed by atoms with Gasteiger partial charge in [-0.05, 0) is 41.8 Å². The first-order valence-corrected chi connectivity index (χ1v) is 7.59. The van der Waals surface area contributed by atoms with E-state index in [1.807, 2.05) is 19.2 Å². The van der Waals surface area contributed by atoms with Crippen molar-refractivity contribution in [1.29, 1.82) is 0 Å². The van der Waals surface area contributed by atoms with Gasteiger partial charge in [0.25, 0.3) is 0 Å². The first-order valence-electron chi connectivity index (χ1n) is 6.83. The van der Waals surface area contributed by atoms with Gasteiger partial charge < -0.3 is 5.32 Å². The van der Waals surface area contributed by atoms with Crippen LogP contribution in [0.2, 0.25) is 10.0 Å². The van der Waals surface area contributed by atoms with Crippen LogP contribution in [-0.4, -0.2) is 13.1 Å². The van der Waals surface area contributed by atoms with Crippen molar-refractivity contribution in [1.82, 2.24) is 5.32 Å². The van der Waals surface area contributed by atoms with Crippen molar-refractivity contribution in [3.05, 3.63) is 33.8 Å². The molecule has 0 aromatic heterocycles. The predicted molar refractivity (Wildman–Crippen MR) is 84.1 cm³/mol. The maximum atomic E-state index is 6.30. The van der Waals surface area contributed by atoms with E-state index in [0.717, 1.165) is 12.0 Å². The fraction of sp³-hybridized carbons (Fsp3) is 0.625. The Morgan fingerprint density at radius 2 is 1.74 bits per heavy atom. The van der Waals surface area contributed by atoms with Crippen molar-refractivity contribution in [2.45, 2.75) is 40.2 Å². The van der Waals surface area contributed by atoms with Crippen LogP contribution in [0.3, 0.4) is 0 Å². The summed E-state index contributed by atoms with van der Waals surface area (Å²) in [6.07, 6.45) is 0.924. The Morgan fingerprint density at radius 3 is 2.21 bits per heavy atom. The molecule has 1 nitrogen and oxygen atoms in total. The number of halogens is 2. The highest BCUT2D eigenvalue weighted by molar-refractivity contribution is 6.42. The second-order valence-electron chi connectivity index (χ2n) is 6.73. The smallest absolute Gasteiger partial charge is 0.0624 e. The van der Waals surface area contributed by atoms with Crippen molar-refractivity contribution in [2.75, 3.05) is 7.05 Å². The Hall–Kier alpha value is -0.240. The monoisotopic (exact) mass is 299 g/mol. The SMILES string of the molecule is CNC(Cc1cccc(Cl)c1Cl)C1C(C)(C)C1(C)C. The van der Waals surface area contributed by atoms with Crippen LogP contribution >= 0.6 is 23.2 Å². The highest BCUT2D eigenvalue weighted by Gasteiger charge is 2.66. The fourth-order valence-corrected chi connectivity index (χ4v) is 3.98. The molecule has 19 heavy (non-hydrogen) atoms. The molecule has 1 N–H and O–H groups in total. The maximum absolute atomic E-state index is 6.30. The average Bonchev–Trinajstić information content (AvgIpc) is 2.73. The van der Waals surface area contributed by atoms with Gasteiger partial charge in [0.2, 0.25) is 0 Å². The maximum Gasteiger partial charge on any atom is 0.0624 e. The molecule has 0 saturated heterocycles. The molecule has 106 valence electrons. The largest absolute Gasteiger partial charge is 0.316 e. The molecule has 1 aromatic carbocycles. The fourth-order valence-electron chi connectivity index (χ4n) is 3.58. The second kappa shape index (κ2) is 4.95. The van der Waals surface area contributed by atoms with Crippen LogP contribution in [0.15, 0.2) is 18.2 Å². The molecule has 1 unspecified atom stereocenters. The Labute approximate surface area is 126 Å². The zero-order chi connectivity index (χ0) is 14.4. The highest BCUT2D eigenvalue weighted by Crippen LogP contribution is 2.69. The summed E-state index contributed by atoms with van der Waals surface area (Å²) in [5, 5.41) is 4.81. The van der Waals surface area contributed by atoms with Gasteiger partial charge in [0.15, 0.2) is 0 Å². The number of likely N-dealkylation sites (N-methyl/N-ethyl adjacent to an activating group) is 1. The third-order valence-electron chi connectivity index (χ3n) is 5.38. The van der Waals surface area contributed by atoms with Crippen molar-refractivity contribution < 1.29 is 0 Å². The quantitative estimate of drug-likeness (QED) is 0.841. The van der Waals surface area contributed by atoms with E-state index in [1.165, 1.54) is 0 Å². The van der Waals surface area contributed by atoms with Gasteiger partial charge in [-0.2, -0.15) is 0 Å². The lowest BCUT2D eigenvalue weighted by Crippen LogP contribution is -2.32. The Morgan fingerprint density at radius 1 is 1.16 bits per heavy atom. The van der Waals surface area contributed by atoms with Gasteiger partial charge in [-0.25, -0.2) is 0 Å². The summed E-state index contributed by atoms with van der Waals surface area (Å²) in [5.41, 5.74) is 1.87. The van der Waals surface area contributed by atoms with Crippen LogP contribution < -0.4 is 5.32 Å². The van der Waals surface area contributed by atoms with Gasteiger partial charge in [0, 0.05) is 6.04 Å². The molecule has 1 saturated carbocycles. The van der Waals surface area contributed by atoms with Crippen molar-refractivity contribution >= 4 is 23.2 Å². The van der Waals surface area contributed by atoms with E-state index < -0.39 is 0 Å². The predicted octanol–water partition coefficient (Wildman–Crippen LogP) is 4.81. The van der Waals surface area contributed by atoms with Crippen LogP contribution in [0.1, 0.15) is 33.3 Å². The molecule has 1 atom stereocenters. The highest BCUT2D eigenvalue weighted by atomic mass is 35.5. The molecule has 1 aromatic rings. The van der Waals surface area contributed by atoms with Crippen molar-refractivity contribution in [3.63, 3.8) is 0 Å². The standard InChI is InChI=1S/C16H23Cl2N/c1-15(2)14(16(15,3)4)12(19-5)9-10-7-6-8-11(17)13(10)18/h6-8,12,14,19H,9H2,1-5H3. The lowest BCUT2D eigenvalue weighted by atomic mass is 9.97. The summed E-state index contributed by atoms with van der Waals surface area (Å²) in [7, 11) is 2.04. The molecule has 0 spiro atoms. The van der Waals surface area contributed by atoms with Crippen LogP contribution in [0.25, 0.3) is 0 Å². The molecule has 3 heteroatoms. The first-order chi connectivity index (χ1) is 8.73. The van der Waals surface area contributed by atoms with Gasteiger partial charge in [0.05, 0.1) is 10.0 Å². The molecule has 0 heterocycles. The van der Waals surface area contributed by atoms with E-state index in [1.54, 1.807) is 0 Å². The van der Waals surface area contributed by atoms with Crippen LogP contribution in [0, 0.1) is 16.7 Å². The van der Waals surface area contributed by atoms with E-state index in [-0.39, 0.29) is 0 Å². The minimum absolute atomic E-state index is 0.367. The molecule has 0 amide bonds. The molecule has 1 aliphatic carbocycles. The summed E-state index contributed by atoms with van der Waals surface area (Å²) >= 11 is 12.4. The van der Waals surface area contributed by atoms with Crippen molar-refractivity contribution in [3.8, 4) is 0 Å². The Balaban J connectivity index is 2.20. The molecular weight excluding hydrogens is 277 g/mol. The topological polar surface area (TPSA) is 12.0 Å². The first kappa shape index (κ1) is 15.2. The number of hydrogen-bond donors (Lipinski definition) is 1. The Bertz CT molecular complexity index is 466. The third-order valence-corrected chi connectivity index (χ3v) is 6.23. The number of hydrogen-bond acceptors (Lipinski definition) is 1. The third kappa shape index (κ3) is 2.41. The van der Waals surface area contributed by atoms with Gasteiger partial charge in [-0.3, -0.25) is 0 Å². The lowest BCUT2D eigenvalue weighted by molar-refractivity contribution is 0.421. The van der Waals surface area contributed by atoms with Gasteiger partial charge in [0.1, 0.15) is 0 Å². The summed E-state index contributed by atoms with van der Waals surface area (Å²) in [6, 6.07) is 6.31. The molecule has 0 bridgehead atoms. The van der Waals surface area contributed by atoms with Gasteiger partial charge in [-0.15, -0.1) is 0 Å². The van der Waals surface area contributed by atoms with E-state index in [4.69, 9.17) is 23.2 Å².